The number of nitrogens with zero attached hydrogens (tertiary/aromatic N) is 1. The van der Waals surface area contributed by atoms with Crippen LogP contribution >= 0.6 is 0 Å². The molecule has 0 fully saturated rings. The summed E-state index contributed by atoms with van der Waals surface area (Å²) in [5, 5.41) is 0. The van der Waals surface area contributed by atoms with E-state index >= 15 is 0 Å². The van der Waals surface area contributed by atoms with Crippen molar-refractivity contribution < 1.29 is 17.6 Å². The molecular formula is C14H12F4N2O. The van der Waals surface area contributed by atoms with Gasteiger partial charge in [0.05, 0.1) is 12.1 Å². The Labute approximate surface area is 117 Å². The van der Waals surface area contributed by atoms with Crippen molar-refractivity contribution >= 4 is 0 Å². The summed E-state index contributed by atoms with van der Waals surface area (Å²) in [6, 6.07) is 5.60. The quantitative estimate of drug-likeness (QED) is 0.885. The number of rotatable bonds is 3. The molecule has 0 radical (unpaired) electrons. The van der Waals surface area contributed by atoms with Crippen LogP contribution in [0, 0.1) is 5.82 Å². The van der Waals surface area contributed by atoms with E-state index < -0.39 is 23.1 Å². The van der Waals surface area contributed by atoms with E-state index in [9.17, 15) is 22.4 Å². The van der Waals surface area contributed by atoms with Crippen LogP contribution in [0.15, 0.2) is 41.3 Å². The highest BCUT2D eigenvalue weighted by Crippen LogP contribution is 2.28. The Morgan fingerprint density at radius 2 is 1.86 bits per heavy atom. The highest BCUT2D eigenvalue weighted by molar-refractivity contribution is 5.26. The minimum atomic E-state index is -4.53. The summed E-state index contributed by atoms with van der Waals surface area (Å²) in [4.78, 5) is 11.6. The molecule has 7 heteroatoms. The number of benzene rings is 1. The summed E-state index contributed by atoms with van der Waals surface area (Å²) in [6.45, 7) is -0.118. The molecule has 1 heterocycles. The van der Waals surface area contributed by atoms with Gasteiger partial charge < -0.3 is 10.3 Å². The molecule has 0 saturated carbocycles. The zero-order chi connectivity index (χ0) is 15.6. The highest BCUT2D eigenvalue weighted by Gasteiger charge is 2.31. The SMILES string of the molecule is NCc1cc(Cn2cc(C(F)(F)F)ccc2=O)ccc1F. The summed E-state index contributed by atoms with van der Waals surface area (Å²) >= 11 is 0. The molecule has 21 heavy (non-hydrogen) atoms. The van der Waals surface area contributed by atoms with Crippen LogP contribution in [0.5, 0.6) is 0 Å². The van der Waals surface area contributed by atoms with Gasteiger partial charge >= 0.3 is 6.18 Å². The Bertz CT molecular complexity index is 707. The predicted octanol–water partition coefficient (Wildman–Crippen LogP) is 2.51. The standard InChI is InChI=1S/C14H12F4N2O/c15-12-3-1-9(5-10(12)6-19)7-20-8-11(14(16,17)18)2-4-13(20)21/h1-5,8H,6-7,19H2. The number of pyridine rings is 1. The molecule has 1 aromatic heterocycles. The summed E-state index contributed by atoms with van der Waals surface area (Å²) < 4.78 is 52.1. The van der Waals surface area contributed by atoms with Gasteiger partial charge in [-0.25, -0.2) is 4.39 Å². The maximum Gasteiger partial charge on any atom is 0.417 e. The summed E-state index contributed by atoms with van der Waals surface area (Å²) in [6.07, 6.45) is -3.78. The van der Waals surface area contributed by atoms with Gasteiger partial charge in [0, 0.05) is 24.4 Å². The molecule has 2 rings (SSSR count). The Morgan fingerprint density at radius 3 is 2.48 bits per heavy atom. The van der Waals surface area contributed by atoms with Crippen LogP contribution in [0.4, 0.5) is 17.6 Å². The van der Waals surface area contributed by atoms with E-state index in [1.165, 1.54) is 18.2 Å². The van der Waals surface area contributed by atoms with Crippen molar-refractivity contribution in [1.29, 1.82) is 0 Å². The maximum atomic E-state index is 13.3. The van der Waals surface area contributed by atoms with Crippen molar-refractivity contribution in [2.75, 3.05) is 0 Å². The second kappa shape index (κ2) is 5.69. The van der Waals surface area contributed by atoms with Crippen LogP contribution < -0.4 is 11.3 Å². The molecule has 0 aliphatic carbocycles. The van der Waals surface area contributed by atoms with Gasteiger partial charge in [-0.3, -0.25) is 4.79 Å². The van der Waals surface area contributed by atoms with Gasteiger partial charge in [0.15, 0.2) is 0 Å². The summed E-state index contributed by atoms with van der Waals surface area (Å²) in [5.74, 6) is -0.488. The van der Waals surface area contributed by atoms with E-state index in [0.717, 1.165) is 22.9 Å². The first-order chi connectivity index (χ1) is 9.81. The van der Waals surface area contributed by atoms with Crippen LogP contribution in [0.25, 0.3) is 0 Å². The molecule has 1 aromatic carbocycles. The third-order valence-electron chi connectivity index (χ3n) is 2.99. The number of hydrogen-bond donors (Lipinski definition) is 1. The van der Waals surface area contributed by atoms with Crippen molar-refractivity contribution in [2.24, 2.45) is 5.73 Å². The van der Waals surface area contributed by atoms with Gasteiger partial charge in [0.2, 0.25) is 0 Å². The Balaban J connectivity index is 2.37. The zero-order valence-corrected chi connectivity index (χ0v) is 10.8. The van der Waals surface area contributed by atoms with E-state index in [4.69, 9.17) is 5.73 Å². The summed E-state index contributed by atoms with van der Waals surface area (Å²) in [7, 11) is 0. The monoisotopic (exact) mass is 300 g/mol. The molecule has 0 aliphatic rings. The molecule has 112 valence electrons. The molecule has 2 aromatic rings. The number of hydrogen-bond acceptors (Lipinski definition) is 2. The van der Waals surface area contributed by atoms with Crippen molar-refractivity contribution in [2.45, 2.75) is 19.3 Å². The largest absolute Gasteiger partial charge is 0.417 e. The zero-order valence-electron chi connectivity index (χ0n) is 10.8. The van der Waals surface area contributed by atoms with Crippen molar-refractivity contribution in [1.82, 2.24) is 4.57 Å². The molecule has 0 atom stereocenters. The highest BCUT2D eigenvalue weighted by atomic mass is 19.4. The van der Waals surface area contributed by atoms with Crippen LogP contribution in [0.1, 0.15) is 16.7 Å². The lowest BCUT2D eigenvalue weighted by atomic mass is 10.1. The lowest BCUT2D eigenvalue weighted by Gasteiger charge is -2.11. The fourth-order valence-corrected chi connectivity index (χ4v) is 1.90. The van der Waals surface area contributed by atoms with E-state index in [1.807, 2.05) is 0 Å². The van der Waals surface area contributed by atoms with Gasteiger partial charge in [0.25, 0.3) is 5.56 Å². The normalized spacial score (nSPS) is 11.7. The lowest BCUT2D eigenvalue weighted by molar-refractivity contribution is -0.138. The fourth-order valence-electron chi connectivity index (χ4n) is 1.90. The smallest absolute Gasteiger partial charge is 0.326 e. The second-order valence-corrected chi connectivity index (χ2v) is 4.51. The van der Waals surface area contributed by atoms with E-state index in [0.29, 0.717) is 5.56 Å². The van der Waals surface area contributed by atoms with Gasteiger partial charge in [-0.05, 0) is 23.8 Å². The molecule has 3 nitrogen and oxygen atoms in total. The van der Waals surface area contributed by atoms with Gasteiger partial charge in [-0.1, -0.05) is 6.07 Å². The average molecular weight is 300 g/mol. The number of alkyl halides is 3. The molecule has 0 saturated heterocycles. The maximum absolute atomic E-state index is 13.3. The molecule has 0 spiro atoms. The second-order valence-electron chi connectivity index (χ2n) is 4.51. The molecular weight excluding hydrogens is 288 g/mol. The van der Waals surface area contributed by atoms with Gasteiger partial charge in [-0.15, -0.1) is 0 Å². The van der Waals surface area contributed by atoms with Gasteiger partial charge in [-0.2, -0.15) is 13.2 Å². The Hall–Kier alpha value is -2.15. The van der Waals surface area contributed by atoms with Crippen molar-refractivity contribution in [3.63, 3.8) is 0 Å². The molecule has 0 aliphatic heterocycles. The fraction of sp³-hybridized carbons (Fsp3) is 0.214. The minimum Gasteiger partial charge on any atom is -0.326 e. The average Bonchev–Trinajstić information content (AvgIpc) is 2.42. The van der Waals surface area contributed by atoms with Crippen molar-refractivity contribution in [3.8, 4) is 0 Å². The topological polar surface area (TPSA) is 48.0 Å². The predicted molar refractivity (Wildman–Crippen MR) is 69.1 cm³/mol. The van der Waals surface area contributed by atoms with Crippen LogP contribution in [0.2, 0.25) is 0 Å². The van der Waals surface area contributed by atoms with E-state index in [1.54, 1.807) is 0 Å². The van der Waals surface area contributed by atoms with Crippen LogP contribution in [-0.2, 0) is 19.3 Å². The Morgan fingerprint density at radius 1 is 1.14 bits per heavy atom. The third kappa shape index (κ3) is 3.49. The summed E-state index contributed by atoms with van der Waals surface area (Å²) in [5.41, 5.74) is 4.63. The molecule has 0 amide bonds. The Kier molecular flexibility index (Phi) is 4.13. The van der Waals surface area contributed by atoms with E-state index in [-0.39, 0.29) is 18.7 Å². The molecule has 0 unspecified atom stereocenters. The van der Waals surface area contributed by atoms with Crippen LogP contribution in [-0.4, -0.2) is 4.57 Å². The first-order valence-corrected chi connectivity index (χ1v) is 6.06. The number of aromatic nitrogens is 1. The van der Waals surface area contributed by atoms with Gasteiger partial charge in [0.1, 0.15) is 5.82 Å². The number of halogens is 4. The van der Waals surface area contributed by atoms with Crippen LogP contribution in [0.3, 0.4) is 0 Å². The molecule has 2 N–H and O–H groups in total. The first kappa shape index (κ1) is 15.2. The third-order valence-corrected chi connectivity index (χ3v) is 2.99. The molecule has 0 bridgehead atoms. The lowest BCUT2D eigenvalue weighted by Crippen LogP contribution is -2.22. The minimum absolute atomic E-state index is 0.0306. The van der Waals surface area contributed by atoms with Crippen molar-refractivity contribution in [3.05, 3.63) is 69.4 Å². The number of nitrogens with two attached hydrogens (primary N) is 1. The van der Waals surface area contributed by atoms with E-state index in [2.05, 4.69) is 0 Å². The first-order valence-electron chi connectivity index (χ1n) is 6.06.